The highest BCUT2D eigenvalue weighted by molar-refractivity contribution is 9.10. The van der Waals surface area contributed by atoms with Crippen LogP contribution in [-0.2, 0) is 0 Å². The standard InChI is InChI=1S/C17H23BrN2O/c1-14(2)8-11-19-9-3-10-20(13-12-19)17(21)15-4-6-16(18)7-5-15/h4-8H,3,9-13H2,1-2H3. The summed E-state index contributed by atoms with van der Waals surface area (Å²) in [5.74, 6) is 0.145. The third-order valence-corrected chi connectivity index (χ3v) is 4.25. The van der Waals surface area contributed by atoms with Crippen molar-refractivity contribution in [2.75, 3.05) is 32.7 Å². The number of halogens is 1. The molecule has 0 N–H and O–H groups in total. The van der Waals surface area contributed by atoms with Gasteiger partial charge in [0, 0.05) is 42.8 Å². The Hall–Kier alpha value is -1.13. The fourth-order valence-corrected chi connectivity index (χ4v) is 2.71. The lowest BCUT2D eigenvalue weighted by Crippen LogP contribution is -2.35. The molecule has 0 radical (unpaired) electrons. The zero-order chi connectivity index (χ0) is 15.2. The molecule has 3 nitrogen and oxygen atoms in total. The molecule has 0 aromatic heterocycles. The molecule has 1 aromatic rings. The van der Waals surface area contributed by atoms with Gasteiger partial charge in [0.05, 0.1) is 0 Å². The molecule has 0 bridgehead atoms. The largest absolute Gasteiger partial charge is 0.337 e. The molecule has 1 aliphatic heterocycles. The molecule has 1 aromatic carbocycles. The predicted molar refractivity (Wildman–Crippen MR) is 90.5 cm³/mol. The first-order valence-corrected chi connectivity index (χ1v) is 8.26. The van der Waals surface area contributed by atoms with Crippen molar-refractivity contribution in [2.24, 2.45) is 0 Å². The van der Waals surface area contributed by atoms with Crippen LogP contribution in [0.1, 0.15) is 30.6 Å². The van der Waals surface area contributed by atoms with Crippen LogP contribution < -0.4 is 0 Å². The van der Waals surface area contributed by atoms with Crippen molar-refractivity contribution in [2.45, 2.75) is 20.3 Å². The number of hydrogen-bond donors (Lipinski definition) is 0. The Labute approximate surface area is 135 Å². The Balaban J connectivity index is 1.94. The Morgan fingerprint density at radius 3 is 2.52 bits per heavy atom. The summed E-state index contributed by atoms with van der Waals surface area (Å²) in [4.78, 5) is 16.9. The van der Waals surface area contributed by atoms with Gasteiger partial charge in [-0.2, -0.15) is 0 Å². The molecule has 0 atom stereocenters. The molecule has 0 saturated carbocycles. The smallest absolute Gasteiger partial charge is 0.253 e. The predicted octanol–water partition coefficient (Wildman–Crippen LogP) is 3.56. The molecule has 4 heteroatoms. The monoisotopic (exact) mass is 350 g/mol. The van der Waals surface area contributed by atoms with E-state index in [1.165, 1.54) is 5.57 Å². The maximum absolute atomic E-state index is 12.5. The number of hydrogen-bond acceptors (Lipinski definition) is 2. The highest BCUT2D eigenvalue weighted by Gasteiger charge is 2.19. The number of amides is 1. The molecule has 1 fully saturated rings. The molecule has 0 aliphatic carbocycles. The summed E-state index contributed by atoms with van der Waals surface area (Å²) < 4.78 is 1.00. The topological polar surface area (TPSA) is 23.6 Å². The molecule has 1 amide bonds. The Morgan fingerprint density at radius 2 is 1.86 bits per heavy atom. The van der Waals surface area contributed by atoms with Gasteiger partial charge in [-0.15, -0.1) is 0 Å². The summed E-state index contributed by atoms with van der Waals surface area (Å²) >= 11 is 3.40. The highest BCUT2D eigenvalue weighted by Crippen LogP contribution is 2.14. The van der Waals surface area contributed by atoms with Gasteiger partial charge in [-0.3, -0.25) is 9.69 Å². The van der Waals surface area contributed by atoms with Crippen LogP contribution in [0.4, 0.5) is 0 Å². The Kier molecular flexibility index (Phi) is 6.00. The molecule has 2 rings (SSSR count). The van der Waals surface area contributed by atoms with Crippen LogP contribution in [0.5, 0.6) is 0 Å². The number of carbonyl (C=O) groups excluding carboxylic acids is 1. The first kappa shape index (κ1) is 16.2. The van der Waals surface area contributed by atoms with Crippen molar-refractivity contribution in [3.05, 3.63) is 46.0 Å². The van der Waals surface area contributed by atoms with E-state index in [-0.39, 0.29) is 5.91 Å². The van der Waals surface area contributed by atoms with Gasteiger partial charge in [0.15, 0.2) is 0 Å². The zero-order valence-electron chi connectivity index (χ0n) is 12.8. The average molecular weight is 351 g/mol. The minimum atomic E-state index is 0.145. The van der Waals surface area contributed by atoms with E-state index in [0.29, 0.717) is 0 Å². The number of allylic oxidation sites excluding steroid dienone is 1. The molecule has 114 valence electrons. The van der Waals surface area contributed by atoms with Gasteiger partial charge in [0.25, 0.3) is 5.91 Å². The van der Waals surface area contributed by atoms with Crippen LogP contribution in [0.3, 0.4) is 0 Å². The van der Waals surface area contributed by atoms with E-state index in [1.54, 1.807) is 0 Å². The fraction of sp³-hybridized carbons (Fsp3) is 0.471. The van der Waals surface area contributed by atoms with E-state index in [0.717, 1.165) is 49.2 Å². The molecular formula is C17H23BrN2O. The second-order valence-electron chi connectivity index (χ2n) is 5.73. The van der Waals surface area contributed by atoms with Crippen LogP contribution >= 0.6 is 15.9 Å². The normalized spacial score (nSPS) is 16.4. The lowest BCUT2D eigenvalue weighted by Gasteiger charge is -2.21. The first-order valence-electron chi connectivity index (χ1n) is 7.47. The molecule has 1 saturated heterocycles. The van der Waals surface area contributed by atoms with Crippen molar-refractivity contribution in [3.8, 4) is 0 Å². The maximum atomic E-state index is 12.5. The van der Waals surface area contributed by atoms with Gasteiger partial charge >= 0.3 is 0 Å². The summed E-state index contributed by atoms with van der Waals surface area (Å²) in [6, 6.07) is 7.62. The maximum Gasteiger partial charge on any atom is 0.253 e. The molecule has 0 unspecified atom stereocenters. The molecule has 1 aliphatic rings. The molecule has 1 heterocycles. The number of benzene rings is 1. The molecular weight excluding hydrogens is 328 g/mol. The van der Waals surface area contributed by atoms with E-state index in [2.05, 4.69) is 40.8 Å². The van der Waals surface area contributed by atoms with E-state index in [9.17, 15) is 4.79 Å². The average Bonchev–Trinajstić information content (AvgIpc) is 2.70. The first-order chi connectivity index (χ1) is 10.1. The third kappa shape index (κ3) is 4.97. The van der Waals surface area contributed by atoms with Crippen LogP contribution in [0, 0.1) is 0 Å². The van der Waals surface area contributed by atoms with Gasteiger partial charge in [0.1, 0.15) is 0 Å². The van der Waals surface area contributed by atoms with Gasteiger partial charge in [-0.25, -0.2) is 0 Å². The van der Waals surface area contributed by atoms with Crippen LogP contribution in [-0.4, -0.2) is 48.4 Å². The van der Waals surface area contributed by atoms with Crippen LogP contribution in [0.25, 0.3) is 0 Å². The van der Waals surface area contributed by atoms with Gasteiger partial charge < -0.3 is 4.90 Å². The van der Waals surface area contributed by atoms with Crippen molar-refractivity contribution < 1.29 is 4.79 Å². The van der Waals surface area contributed by atoms with Crippen molar-refractivity contribution in [3.63, 3.8) is 0 Å². The SMILES string of the molecule is CC(C)=CCN1CCCN(C(=O)c2ccc(Br)cc2)CC1. The van der Waals surface area contributed by atoms with E-state index < -0.39 is 0 Å². The lowest BCUT2D eigenvalue weighted by molar-refractivity contribution is 0.0762. The second-order valence-corrected chi connectivity index (χ2v) is 6.65. The van der Waals surface area contributed by atoms with E-state index >= 15 is 0 Å². The Bertz CT molecular complexity index is 506. The van der Waals surface area contributed by atoms with Gasteiger partial charge in [0.2, 0.25) is 0 Å². The number of rotatable bonds is 3. The minimum Gasteiger partial charge on any atom is -0.337 e. The van der Waals surface area contributed by atoms with Crippen molar-refractivity contribution in [1.82, 2.24) is 9.80 Å². The summed E-state index contributed by atoms with van der Waals surface area (Å²) in [5, 5.41) is 0. The molecule has 0 spiro atoms. The van der Waals surface area contributed by atoms with Crippen LogP contribution in [0.2, 0.25) is 0 Å². The summed E-state index contributed by atoms with van der Waals surface area (Å²) in [7, 11) is 0. The summed E-state index contributed by atoms with van der Waals surface area (Å²) in [6.45, 7) is 8.91. The fourth-order valence-electron chi connectivity index (χ4n) is 2.44. The van der Waals surface area contributed by atoms with Crippen molar-refractivity contribution in [1.29, 1.82) is 0 Å². The summed E-state index contributed by atoms with van der Waals surface area (Å²) in [5.41, 5.74) is 2.12. The quantitative estimate of drug-likeness (QED) is 0.778. The van der Waals surface area contributed by atoms with E-state index in [1.807, 2.05) is 29.2 Å². The number of nitrogens with zero attached hydrogens (tertiary/aromatic N) is 2. The van der Waals surface area contributed by atoms with Gasteiger partial charge in [-0.05, 0) is 44.5 Å². The highest BCUT2D eigenvalue weighted by atomic mass is 79.9. The lowest BCUT2D eigenvalue weighted by atomic mass is 10.2. The Morgan fingerprint density at radius 1 is 1.14 bits per heavy atom. The summed E-state index contributed by atoms with van der Waals surface area (Å²) in [6.07, 6.45) is 3.30. The van der Waals surface area contributed by atoms with Crippen molar-refractivity contribution >= 4 is 21.8 Å². The van der Waals surface area contributed by atoms with Crippen LogP contribution in [0.15, 0.2) is 40.4 Å². The molecule has 21 heavy (non-hydrogen) atoms. The van der Waals surface area contributed by atoms with E-state index in [4.69, 9.17) is 0 Å². The minimum absolute atomic E-state index is 0.145. The zero-order valence-corrected chi connectivity index (χ0v) is 14.4. The third-order valence-electron chi connectivity index (χ3n) is 3.72. The van der Waals surface area contributed by atoms with Gasteiger partial charge in [-0.1, -0.05) is 27.6 Å². The second kappa shape index (κ2) is 7.76. The number of carbonyl (C=O) groups is 1.